The molecule has 0 aliphatic carbocycles. The standard InChI is InChI=1S/C20H29N5O2/c26-14-13-25-16-21-19-15-17(3-4-18(19)20(25)27)24-11-9-23(10-12-24)8-7-22-5-1-2-6-22/h3-4,15-16,26H,1-2,5-14H2. The van der Waals surface area contributed by atoms with Gasteiger partial charge in [0.1, 0.15) is 0 Å². The number of piperazine rings is 1. The molecule has 2 aromatic rings. The summed E-state index contributed by atoms with van der Waals surface area (Å²) in [5.41, 5.74) is 1.77. The number of aliphatic hydroxyl groups is 1. The number of hydrogen-bond acceptors (Lipinski definition) is 6. The predicted molar refractivity (Wildman–Crippen MR) is 107 cm³/mol. The molecule has 0 unspecified atom stereocenters. The second kappa shape index (κ2) is 8.37. The normalized spacial score (nSPS) is 19.2. The molecule has 0 bridgehead atoms. The smallest absolute Gasteiger partial charge is 0.261 e. The van der Waals surface area contributed by atoms with Crippen molar-refractivity contribution in [2.24, 2.45) is 0 Å². The van der Waals surface area contributed by atoms with E-state index < -0.39 is 0 Å². The minimum Gasteiger partial charge on any atom is -0.395 e. The van der Waals surface area contributed by atoms with Crippen LogP contribution in [0.15, 0.2) is 29.3 Å². The summed E-state index contributed by atoms with van der Waals surface area (Å²) in [6.07, 6.45) is 4.24. The molecule has 2 fully saturated rings. The van der Waals surface area contributed by atoms with Gasteiger partial charge >= 0.3 is 0 Å². The molecule has 0 atom stereocenters. The zero-order valence-corrected chi connectivity index (χ0v) is 15.9. The quantitative estimate of drug-likeness (QED) is 0.803. The van der Waals surface area contributed by atoms with Gasteiger partial charge in [0.25, 0.3) is 5.56 Å². The molecule has 146 valence electrons. The van der Waals surface area contributed by atoms with E-state index in [9.17, 15) is 4.79 Å². The molecule has 0 spiro atoms. The van der Waals surface area contributed by atoms with Crippen molar-refractivity contribution in [3.8, 4) is 0 Å². The Hall–Kier alpha value is -1.96. The Morgan fingerprint density at radius 3 is 2.33 bits per heavy atom. The highest BCUT2D eigenvalue weighted by Crippen LogP contribution is 2.20. The van der Waals surface area contributed by atoms with Crippen LogP contribution in [0.4, 0.5) is 5.69 Å². The van der Waals surface area contributed by atoms with Crippen molar-refractivity contribution in [1.29, 1.82) is 0 Å². The highest BCUT2D eigenvalue weighted by Gasteiger charge is 2.19. The molecule has 27 heavy (non-hydrogen) atoms. The van der Waals surface area contributed by atoms with Crippen LogP contribution < -0.4 is 10.5 Å². The molecule has 7 nitrogen and oxygen atoms in total. The summed E-state index contributed by atoms with van der Waals surface area (Å²) < 4.78 is 1.46. The summed E-state index contributed by atoms with van der Waals surface area (Å²) in [5, 5.41) is 9.66. The molecule has 0 amide bonds. The maximum atomic E-state index is 12.4. The van der Waals surface area contributed by atoms with Crippen LogP contribution in [-0.4, -0.2) is 83.4 Å². The van der Waals surface area contributed by atoms with Gasteiger partial charge in [-0.1, -0.05) is 0 Å². The first kappa shape index (κ1) is 18.4. The van der Waals surface area contributed by atoms with E-state index in [-0.39, 0.29) is 18.7 Å². The highest BCUT2D eigenvalue weighted by atomic mass is 16.3. The highest BCUT2D eigenvalue weighted by molar-refractivity contribution is 5.81. The molecule has 7 heteroatoms. The van der Waals surface area contributed by atoms with Gasteiger partial charge in [0.15, 0.2) is 0 Å². The van der Waals surface area contributed by atoms with Crippen LogP contribution in [-0.2, 0) is 6.54 Å². The van der Waals surface area contributed by atoms with Crippen LogP contribution in [0.2, 0.25) is 0 Å². The summed E-state index contributed by atoms with van der Waals surface area (Å²) in [7, 11) is 0. The molecule has 2 aliphatic heterocycles. The van der Waals surface area contributed by atoms with E-state index >= 15 is 0 Å². The van der Waals surface area contributed by atoms with E-state index in [4.69, 9.17) is 5.11 Å². The molecule has 3 heterocycles. The minimum absolute atomic E-state index is 0.0623. The molecule has 0 radical (unpaired) electrons. The molecule has 1 N–H and O–H groups in total. The van der Waals surface area contributed by atoms with E-state index in [0.717, 1.165) is 43.9 Å². The van der Waals surface area contributed by atoms with Crippen LogP contribution in [0.3, 0.4) is 0 Å². The topological polar surface area (TPSA) is 64.8 Å². The number of rotatable bonds is 6. The van der Waals surface area contributed by atoms with Gasteiger partial charge in [0.05, 0.1) is 30.4 Å². The lowest BCUT2D eigenvalue weighted by Gasteiger charge is -2.36. The fourth-order valence-electron chi connectivity index (χ4n) is 4.13. The van der Waals surface area contributed by atoms with Crippen molar-refractivity contribution in [3.05, 3.63) is 34.9 Å². The Labute approximate surface area is 159 Å². The lowest BCUT2D eigenvalue weighted by Crippen LogP contribution is -2.48. The van der Waals surface area contributed by atoms with Gasteiger partial charge < -0.3 is 14.9 Å². The van der Waals surface area contributed by atoms with E-state index in [1.165, 1.54) is 43.4 Å². The number of fused-ring (bicyclic) bond motifs is 1. The van der Waals surface area contributed by atoms with Crippen LogP contribution in [0.25, 0.3) is 10.9 Å². The Bertz CT molecular complexity index is 823. The first-order chi connectivity index (χ1) is 13.2. The van der Waals surface area contributed by atoms with E-state index in [0.29, 0.717) is 5.39 Å². The number of anilines is 1. The van der Waals surface area contributed by atoms with Crippen LogP contribution >= 0.6 is 0 Å². The summed E-state index contributed by atoms with van der Waals surface area (Å²) in [6, 6.07) is 5.90. The lowest BCUT2D eigenvalue weighted by atomic mass is 10.2. The number of likely N-dealkylation sites (tertiary alicyclic amines) is 1. The van der Waals surface area contributed by atoms with Crippen LogP contribution in [0, 0.1) is 0 Å². The summed E-state index contributed by atoms with van der Waals surface area (Å²) in [4.78, 5) is 24.3. The molecule has 1 aromatic heterocycles. The molecule has 2 saturated heterocycles. The Balaban J connectivity index is 1.38. The van der Waals surface area contributed by atoms with Crippen molar-refractivity contribution in [2.45, 2.75) is 19.4 Å². The summed E-state index contributed by atoms with van der Waals surface area (Å²) >= 11 is 0. The summed E-state index contributed by atoms with van der Waals surface area (Å²) in [5.74, 6) is 0. The molecule has 4 rings (SSSR count). The number of aliphatic hydroxyl groups excluding tert-OH is 1. The Morgan fingerprint density at radius 1 is 0.926 bits per heavy atom. The Kier molecular flexibility index (Phi) is 5.71. The van der Waals surface area contributed by atoms with Gasteiger partial charge in [-0.3, -0.25) is 14.3 Å². The third-order valence-corrected chi connectivity index (χ3v) is 5.82. The van der Waals surface area contributed by atoms with Crippen molar-refractivity contribution in [2.75, 3.05) is 63.9 Å². The maximum Gasteiger partial charge on any atom is 0.261 e. The average Bonchev–Trinajstić information content (AvgIpc) is 3.22. The van der Waals surface area contributed by atoms with Gasteiger partial charge in [0, 0.05) is 45.0 Å². The van der Waals surface area contributed by atoms with Gasteiger partial charge in [-0.15, -0.1) is 0 Å². The third kappa shape index (κ3) is 4.15. The van der Waals surface area contributed by atoms with Gasteiger partial charge in [-0.05, 0) is 44.1 Å². The van der Waals surface area contributed by atoms with Crippen LogP contribution in [0.5, 0.6) is 0 Å². The van der Waals surface area contributed by atoms with Crippen molar-refractivity contribution < 1.29 is 5.11 Å². The Morgan fingerprint density at radius 2 is 1.63 bits per heavy atom. The maximum absolute atomic E-state index is 12.4. The first-order valence-corrected chi connectivity index (χ1v) is 10.0. The van der Waals surface area contributed by atoms with Gasteiger partial charge in [0.2, 0.25) is 0 Å². The predicted octanol–water partition coefficient (Wildman–Crippen LogP) is 0.607. The zero-order chi connectivity index (χ0) is 18.6. The molecule has 2 aliphatic rings. The van der Waals surface area contributed by atoms with E-state index in [1.807, 2.05) is 18.2 Å². The fourth-order valence-corrected chi connectivity index (χ4v) is 4.13. The fraction of sp³-hybridized carbons (Fsp3) is 0.600. The summed E-state index contributed by atoms with van der Waals surface area (Å²) in [6.45, 7) is 9.29. The third-order valence-electron chi connectivity index (χ3n) is 5.82. The molecule has 1 aromatic carbocycles. The molecule has 0 saturated carbocycles. The number of hydrogen-bond donors (Lipinski definition) is 1. The van der Waals surface area contributed by atoms with Crippen molar-refractivity contribution in [1.82, 2.24) is 19.4 Å². The van der Waals surface area contributed by atoms with Crippen LogP contribution in [0.1, 0.15) is 12.8 Å². The van der Waals surface area contributed by atoms with E-state index in [2.05, 4.69) is 19.7 Å². The first-order valence-electron chi connectivity index (χ1n) is 10.0. The largest absolute Gasteiger partial charge is 0.395 e. The number of nitrogens with zero attached hydrogens (tertiary/aromatic N) is 5. The second-order valence-corrected chi connectivity index (χ2v) is 7.55. The average molecular weight is 371 g/mol. The minimum atomic E-state index is -0.0904. The lowest BCUT2D eigenvalue weighted by molar-refractivity contribution is 0.215. The zero-order valence-electron chi connectivity index (χ0n) is 15.9. The second-order valence-electron chi connectivity index (χ2n) is 7.55. The number of benzene rings is 1. The van der Waals surface area contributed by atoms with Crippen molar-refractivity contribution in [3.63, 3.8) is 0 Å². The van der Waals surface area contributed by atoms with Crippen molar-refractivity contribution >= 4 is 16.6 Å². The van der Waals surface area contributed by atoms with Gasteiger partial charge in [-0.25, -0.2) is 4.98 Å². The number of aromatic nitrogens is 2. The SMILES string of the molecule is O=c1c2ccc(N3CCN(CCN4CCCC4)CC3)cc2ncn1CCO. The molecular formula is C20H29N5O2. The van der Waals surface area contributed by atoms with Gasteiger partial charge in [-0.2, -0.15) is 0 Å². The monoisotopic (exact) mass is 371 g/mol. The van der Waals surface area contributed by atoms with E-state index in [1.54, 1.807) is 0 Å². The molecular weight excluding hydrogens is 342 g/mol.